The Bertz CT molecular complexity index is 1560. The zero-order chi connectivity index (χ0) is 22.9. The van der Waals surface area contributed by atoms with Crippen molar-refractivity contribution < 1.29 is 26.9 Å². The Morgan fingerprint density at radius 3 is 2.34 bits per heavy atom. The summed E-state index contributed by atoms with van der Waals surface area (Å²) in [5.41, 5.74) is -0.0235. The topological polar surface area (TPSA) is 144 Å². The molecule has 162 valence electrons. The Morgan fingerprint density at radius 1 is 0.969 bits per heavy atom. The van der Waals surface area contributed by atoms with Crippen molar-refractivity contribution in [2.45, 2.75) is 11.8 Å². The Balaban J connectivity index is 0.000000354. The van der Waals surface area contributed by atoms with Gasteiger partial charge in [0.15, 0.2) is 5.58 Å². The SMILES string of the molecule is Cc1cc(S(=O)(=O)O)c2oc(-c3cc4ccc(O)cc4oc3=O)nc2c1.c1ccncc1. The highest BCUT2D eigenvalue weighted by Crippen LogP contribution is 2.30. The minimum Gasteiger partial charge on any atom is -0.508 e. The lowest BCUT2D eigenvalue weighted by atomic mass is 10.2. The molecule has 5 rings (SSSR count). The minimum atomic E-state index is -4.53. The molecule has 10 heteroatoms. The first-order chi connectivity index (χ1) is 15.2. The van der Waals surface area contributed by atoms with Crippen LogP contribution in [0.5, 0.6) is 5.75 Å². The van der Waals surface area contributed by atoms with E-state index in [1.807, 2.05) is 18.2 Å². The van der Waals surface area contributed by atoms with Crippen LogP contribution in [0.15, 0.2) is 85.5 Å². The van der Waals surface area contributed by atoms with Gasteiger partial charge in [-0.1, -0.05) is 6.07 Å². The van der Waals surface area contributed by atoms with Crippen LogP contribution in [-0.2, 0) is 10.1 Å². The Labute approximate surface area is 181 Å². The van der Waals surface area contributed by atoms with E-state index in [4.69, 9.17) is 8.83 Å². The van der Waals surface area contributed by atoms with Gasteiger partial charge < -0.3 is 13.9 Å². The molecule has 0 bridgehead atoms. The fourth-order valence-corrected chi connectivity index (χ4v) is 3.72. The molecule has 0 saturated carbocycles. The number of phenolic OH excluding ortho intramolecular Hbond substituents is 1. The number of phenols is 1. The number of aromatic hydroxyl groups is 1. The van der Waals surface area contributed by atoms with Gasteiger partial charge in [-0.2, -0.15) is 8.42 Å². The second-order valence-electron chi connectivity index (χ2n) is 6.80. The maximum atomic E-state index is 12.3. The van der Waals surface area contributed by atoms with Crippen molar-refractivity contribution in [2.24, 2.45) is 0 Å². The maximum absolute atomic E-state index is 12.3. The Kier molecular flexibility index (Phi) is 5.47. The number of nitrogens with zero attached hydrogens (tertiary/aromatic N) is 2. The Morgan fingerprint density at radius 2 is 1.72 bits per heavy atom. The zero-order valence-corrected chi connectivity index (χ0v) is 17.4. The maximum Gasteiger partial charge on any atom is 0.349 e. The fraction of sp³-hybridized carbons (Fsp3) is 0.0455. The first-order valence-electron chi connectivity index (χ1n) is 9.23. The number of aryl methyl sites for hydroxylation is 1. The number of pyridine rings is 1. The lowest BCUT2D eigenvalue weighted by Gasteiger charge is -2.00. The van der Waals surface area contributed by atoms with Crippen LogP contribution in [0.3, 0.4) is 0 Å². The number of oxazole rings is 1. The van der Waals surface area contributed by atoms with Crippen molar-refractivity contribution in [3.8, 4) is 17.2 Å². The number of fused-ring (bicyclic) bond motifs is 2. The molecule has 5 aromatic rings. The van der Waals surface area contributed by atoms with Gasteiger partial charge in [0, 0.05) is 23.8 Å². The van der Waals surface area contributed by atoms with E-state index in [0.717, 1.165) is 0 Å². The average Bonchev–Trinajstić information content (AvgIpc) is 3.17. The van der Waals surface area contributed by atoms with Gasteiger partial charge in [0.05, 0.1) is 0 Å². The van der Waals surface area contributed by atoms with E-state index in [9.17, 15) is 22.9 Å². The molecule has 2 N–H and O–H groups in total. The van der Waals surface area contributed by atoms with Gasteiger partial charge in [-0.15, -0.1) is 0 Å². The first kappa shape index (κ1) is 21.2. The van der Waals surface area contributed by atoms with Crippen LogP contribution in [0.2, 0.25) is 0 Å². The molecule has 0 aliphatic rings. The molecule has 32 heavy (non-hydrogen) atoms. The molecule has 3 heterocycles. The third-order valence-corrected chi connectivity index (χ3v) is 5.25. The second-order valence-corrected chi connectivity index (χ2v) is 8.19. The number of aromatic nitrogens is 2. The summed E-state index contributed by atoms with van der Waals surface area (Å²) >= 11 is 0. The molecule has 0 unspecified atom stereocenters. The quantitative estimate of drug-likeness (QED) is 0.300. The molecule has 0 radical (unpaired) electrons. The van der Waals surface area contributed by atoms with Gasteiger partial charge >= 0.3 is 5.63 Å². The van der Waals surface area contributed by atoms with Crippen LogP contribution < -0.4 is 5.63 Å². The Hall–Kier alpha value is -4.02. The molecule has 0 fully saturated rings. The van der Waals surface area contributed by atoms with Gasteiger partial charge in [0.1, 0.15) is 27.3 Å². The molecule has 0 atom stereocenters. The fourth-order valence-electron chi connectivity index (χ4n) is 3.00. The van der Waals surface area contributed by atoms with Gasteiger partial charge in [-0.3, -0.25) is 9.54 Å². The number of hydrogen-bond acceptors (Lipinski definition) is 8. The van der Waals surface area contributed by atoms with E-state index < -0.39 is 20.6 Å². The second kappa shape index (κ2) is 8.25. The largest absolute Gasteiger partial charge is 0.508 e. The van der Waals surface area contributed by atoms with E-state index >= 15 is 0 Å². The van der Waals surface area contributed by atoms with Crippen LogP contribution in [0.4, 0.5) is 0 Å². The molecule has 3 aromatic heterocycles. The van der Waals surface area contributed by atoms with Crippen LogP contribution >= 0.6 is 0 Å². The molecule has 9 nitrogen and oxygen atoms in total. The van der Waals surface area contributed by atoms with Crippen molar-refractivity contribution in [3.63, 3.8) is 0 Å². The summed E-state index contributed by atoms with van der Waals surface area (Å²) in [5, 5.41) is 9.98. The van der Waals surface area contributed by atoms with Crippen LogP contribution in [0.1, 0.15) is 5.56 Å². The highest BCUT2D eigenvalue weighted by molar-refractivity contribution is 7.86. The highest BCUT2D eigenvalue weighted by Gasteiger charge is 2.22. The van der Waals surface area contributed by atoms with Gasteiger partial charge in [0.2, 0.25) is 5.89 Å². The monoisotopic (exact) mass is 452 g/mol. The summed E-state index contributed by atoms with van der Waals surface area (Å²) in [6.07, 6.45) is 3.50. The predicted molar refractivity (Wildman–Crippen MR) is 116 cm³/mol. The summed E-state index contributed by atoms with van der Waals surface area (Å²) in [6.45, 7) is 1.64. The van der Waals surface area contributed by atoms with Gasteiger partial charge in [-0.05, 0) is 55.0 Å². The third kappa shape index (κ3) is 4.36. The molecule has 0 spiro atoms. The molecular weight excluding hydrogens is 436 g/mol. The van der Waals surface area contributed by atoms with Crippen molar-refractivity contribution in [3.05, 3.63) is 83.0 Å². The highest BCUT2D eigenvalue weighted by atomic mass is 32.2. The van der Waals surface area contributed by atoms with Crippen molar-refractivity contribution in [2.75, 3.05) is 0 Å². The third-order valence-electron chi connectivity index (χ3n) is 4.39. The van der Waals surface area contributed by atoms with Crippen LogP contribution in [-0.4, -0.2) is 28.0 Å². The van der Waals surface area contributed by atoms with Crippen molar-refractivity contribution in [1.29, 1.82) is 0 Å². The predicted octanol–water partition coefficient (Wildman–Crippen LogP) is 3.94. The zero-order valence-electron chi connectivity index (χ0n) is 16.6. The van der Waals surface area contributed by atoms with E-state index in [0.29, 0.717) is 10.9 Å². The summed E-state index contributed by atoms with van der Waals surface area (Å²) < 4.78 is 43.2. The average molecular weight is 452 g/mol. The standard InChI is InChI=1S/C17H11NO7S.C5H5N/c1-8-4-12-15(14(5-8)26(21,22)23)25-16(18-12)11-6-9-2-3-10(19)7-13(9)24-17(11)20;1-2-4-6-5-3-1/h2-7,19H,1H3,(H,21,22,23);1-5H. The van der Waals surface area contributed by atoms with E-state index in [1.165, 1.54) is 24.3 Å². The summed E-state index contributed by atoms with van der Waals surface area (Å²) in [5.74, 6) is -0.192. The summed E-state index contributed by atoms with van der Waals surface area (Å²) in [6, 6.07) is 14.3. The van der Waals surface area contributed by atoms with Crippen LogP contribution in [0.25, 0.3) is 33.5 Å². The first-order valence-corrected chi connectivity index (χ1v) is 10.7. The number of rotatable bonds is 2. The van der Waals surface area contributed by atoms with Crippen LogP contribution in [0, 0.1) is 6.92 Å². The summed E-state index contributed by atoms with van der Waals surface area (Å²) in [7, 11) is -4.53. The van der Waals surface area contributed by atoms with Gasteiger partial charge in [-0.25, -0.2) is 9.78 Å². The minimum absolute atomic E-state index is 0.0154. The molecule has 0 aliphatic carbocycles. The summed E-state index contributed by atoms with van der Waals surface area (Å²) in [4.78, 5) is 19.8. The number of benzene rings is 2. The molecular formula is C22H16N2O7S. The lowest BCUT2D eigenvalue weighted by molar-refractivity contribution is 0.473. The lowest BCUT2D eigenvalue weighted by Crippen LogP contribution is -2.02. The normalized spacial score (nSPS) is 11.3. The number of hydrogen-bond donors (Lipinski definition) is 2. The van der Waals surface area contributed by atoms with E-state index in [1.54, 1.807) is 31.5 Å². The molecule has 0 saturated heterocycles. The van der Waals surface area contributed by atoms with E-state index in [-0.39, 0.29) is 33.9 Å². The van der Waals surface area contributed by atoms with Crippen molar-refractivity contribution >= 4 is 32.2 Å². The van der Waals surface area contributed by atoms with Gasteiger partial charge in [0.25, 0.3) is 10.1 Å². The smallest absolute Gasteiger partial charge is 0.349 e. The molecule has 0 aliphatic heterocycles. The van der Waals surface area contributed by atoms with E-state index in [2.05, 4.69) is 9.97 Å². The van der Waals surface area contributed by atoms with Crippen molar-refractivity contribution in [1.82, 2.24) is 9.97 Å². The molecule has 0 amide bonds. The molecule has 2 aromatic carbocycles.